The van der Waals surface area contributed by atoms with E-state index in [4.69, 9.17) is 0 Å². The first-order valence-corrected chi connectivity index (χ1v) is 9.28. The van der Waals surface area contributed by atoms with Gasteiger partial charge in [0.1, 0.15) is 0 Å². The summed E-state index contributed by atoms with van der Waals surface area (Å²) in [4.78, 5) is 12.5. The highest BCUT2D eigenvalue weighted by atomic mass is 32.2. The lowest BCUT2D eigenvalue weighted by atomic mass is 10.1. The van der Waals surface area contributed by atoms with Crippen molar-refractivity contribution >= 4 is 15.7 Å². The van der Waals surface area contributed by atoms with Crippen LogP contribution in [0.5, 0.6) is 0 Å². The van der Waals surface area contributed by atoms with Crippen molar-refractivity contribution in [3.8, 4) is 0 Å². The molecule has 1 amide bonds. The number of halogens is 2. The van der Waals surface area contributed by atoms with E-state index >= 15 is 0 Å². The number of hydrogen-bond donors (Lipinski definition) is 1. The first-order valence-electron chi connectivity index (χ1n) is 7.73. The Labute approximate surface area is 145 Å². The minimum atomic E-state index is -3.64. The van der Waals surface area contributed by atoms with Gasteiger partial charge in [-0.1, -0.05) is 18.2 Å². The van der Waals surface area contributed by atoms with E-state index in [0.717, 1.165) is 12.1 Å². The maximum atomic E-state index is 13.3. The van der Waals surface area contributed by atoms with Crippen LogP contribution in [0, 0.1) is 11.6 Å². The lowest BCUT2D eigenvalue weighted by molar-refractivity contribution is 0.0936. The van der Waals surface area contributed by atoms with E-state index in [1.165, 1.54) is 32.0 Å². The zero-order chi connectivity index (χ0) is 18.8. The number of sulfone groups is 1. The number of nitrogens with one attached hydrogen (secondary N) is 1. The summed E-state index contributed by atoms with van der Waals surface area (Å²) >= 11 is 0. The van der Waals surface area contributed by atoms with E-state index in [9.17, 15) is 22.0 Å². The second-order valence-corrected chi connectivity index (χ2v) is 8.43. The Kier molecular flexibility index (Phi) is 5.57. The third kappa shape index (κ3) is 4.04. The molecule has 0 heterocycles. The second kappa shape index (κ2) is 7.31. The predicted molar refractivity (Wildman–Crippen MR) is 91.0 cm³/mol. The van der Waals surface area contributed by atoms with Crippen LogP contribution in [0.15, 0.2) is 47.4 Å². The van der Waals surface area contributed by atoms with E-state index in [-0.39, 0.29) is 10.5 Å². The van der Waals surface area contributed by atoms with Gasteiger partial charge in [0.2, 0.25) is 0 Å². The molecule has 0 spiro atoms. The quantitative estimate of drug-likeness (QED) is 0.878. The van der Waals surface area contributed by atoms with Gasteiger partial charge in [0.05, 0.1) is 21.8 Å². The summed E-state index contributed by atoms with van der Waals surface area (Å²) in [7, 11) is -3.64. The molecule has 0 saturated heterocycles. The van der Waals surface area contributed by atoms with Gasteiger partial charge in [-0.25, -0.2) is 17.2 Å². The minimum Gasteiger partial charge on any atom is -0.345 e. The molecule has 2 aromatic carbocycles. The van der Waals surface area contributed by atoms with Gasteiger partial charge in [-0.05, 0) is 50.6 Å². The summed E-state index contributed by atoms with van der Waals surface area (Å²) in [6.07, 6.45) is 0. The largest absolute Gasteiger partial charge is 0.345 e. The highest BCUT2D eigenvalue weighted by molar-refractivity contribution is 7.92. The molecule has 0 fully saturated rings. The Morgan fingerprint density at radius 3 is 2.24 bits per heavy atom. The van der Waals surface area contributed by atoms with Gasteiger partial charge in [-0.3, -0.25) is 4.79 Å². The van der Waals surface area contributed by atoms with Crippen molar-refractivity contribution in [1.82, 2.24) is 5.32 Å². The van der Waals surface area contributed by atoms with Gasteiger partial charge in [0.15, 0.2) is 21.5 Å². The molecular weight excluding hydrogens is 348 g/mol. The van der Waals surface area contributed by atoms with E-state index < -0.39 is 38.7 Å². The molecule has 0 saturated carbocycles. The molecule has 7 heteroatoms. The molecule has 0 aromatic heterocycles. The summed E-state index contributed by atoms with van der Waals surface area (Å²) in [6.45, 7) is 4.67. The average Bonchev–Trinajstić information content (AvgIpc) is 2.57. The van der Waals surface area contributed by atoms with Gasteiger partial charge < -0.3 is 5.32 Å². The van der Waals surface area contributed by atoms with E-state index in [1.54, 1.807) is 19.1 Å². The fourth-order valence-electron chi connectivity index (χ4n) is 2.30. The van der Waals surface area contributed by atoms with Crippen molar-refractivity contribution in [2.75, 3.05) is 0 Å². The van der Waals surface area contributed by atoms with Gasteiger partial charge in [0.25, 0.3) is 5.91 Å². The molecule has 134 valence electrons. The van der Waals surface area contributed by atoms with Crippen LogP contribution in [-0.4, -0.2) is 19.6 Å². The Morgan fingerprint density at radius 1 is 1.00 bits per heavy atom. The number of carbonyl (C=O) groups is 1. The van der Waals surface area contributed by atoms with Crippen LogP contribution in [0.25, 0.3) is 0 Å². The number of hydrogen-bond acceptors (Lipinski definition) is 3. The topological polar surface area (TPSA) is 63.2 Å². The molecular formula is C18H19F2NO3S. The maximum Gasteiger partial charge on any atom is 0.253 e. The molecule has 4 nitrogen and oxygen atoms in total. The third-order valence-corrected chi connectivity index (χ3v) is 6.06. The van der Waals surface area contributed by atoms with Crippen LogP contribution in [0.1, 0.15) is 42.7 Å². The fraction of sp³-hybridized carbons (Fsp3) is 0.278. The summed E-state index contributed by atoms with van der Waals surface area (Å²) in [5, 5.41) is 1.94. The Hall–Kier alpha value is -2.28. The van der Waals surface area contributed by atoms with Crippen LogP contribution in [0.4, 0.5) is 8.78 Å². The van der Waals surface area contributed by atoms with Crippen molar-refractivity contribution in [3.63, 3.8) is 0 Å². The number of benzene rings is 2. The van der Waals surface area contributed by atoms with Crippen LogP contribution >= 0.6 is 0 Å². The molecule has 0 radical (unpaired) electrons. The Balaban J connectivity index is 2.31. The van der Waals surface area contributed by atoms with Crippen molar-refractivity contribution in [1.29, 1.82) is 0 Å². The second-order valence-electron chi connectivity index (χ2n) is 5.96. The van der Waals surface area contributed by atoms with Gasteiger partial charge >= 0.3 is 0 Å². The highest BCUT2D eigenvalue weighted by Gasteiger charge is 2.25. The van der Waals surface area contributed by atoms with Gasteiger partial charge in [-0.2, -0.15) is 0 Å². The van der Waals surface area contributed by atoms with E-state index in [0.29, 0.717) is 5.56 Å². The number of rotatable bonds is 5. The smallest absolute Gasteiger partial charge is 0.253 e. The zero-order valence-electron chi connectivity index (χ0n) is 14.1. The van der Waals surface area contributed by atoms with Crippen LogP contribution in [0.3, 0.4) is 0 Å². The average molecular weight is 367 g/mol. The molecule has 0 aliphatic heterocycles. The summed E-state index contributed by atoms with van der Waals surface area (Å²) in [5.41, 5.74) is 0.391. The van der Waals surface area contributed by atoms with Gasteiger partial charge in [0, 0.05) is 0 Å². The molecule has 2 rings (SSSR count). The molecule has 25 heavy (non-hydrogen) atoms. The number of amides is 1. The normalized spacial score (nSPS) is 12.9. The minimum absolute atomic E-state index is 0.0191. The summed E-state index contributed by atoms with van der Waals surface area (Å²) in [5.74, 6) is -2.59. The number of carbonyl (C=O) groups excluding carboxylic acids is 1. The molecule has 0 unspecified atom stereocenters. The van der Waals surface area contributed by atoms with E-state index in [1.807, 2.05) is 0 Å². The summed E-state index contributed by atoms with van der Waals surface area (Å²) in [6, 6.07) is 8.62. The van der Waals surface area contributed by atoms with Crippen molar-refractivity contribution in [2.24, 2.45) is 0 Å². The Morgan fingerprint density at radius 2 is 1.64 bits per heavy atom. The van der Waals surface area contributed by atoms with Crippen LogP contribution in [0.2, 0.25) is 0 Å². The SMILES string of the molecule is CC(C)S(=O)(=O)c1ccccc1C(=O)N[C@@H](C)c1ccc(F)c(F)c1. The molecule has 0 aliphatic carbocycles. The van der Waals surface area contributed by atoms with Crippen LogP contribution in [-0.2, 0) is 9.84 Å². The molecule has 2 aromatic rings. The lowest BCUT2D eigenvalue weighted by Crippen LogP contribution is -2.29. The first-order chi connectivity index (χ1) is 11.6. The summed E-state index contributed by atoms with van der Waals surface area (Å²) < 4.78 is 51.2. The Bertz CT molecular complexity index is 895. The molecule has 0 aliphatic rings. The maximum absolute atomic E-state index is 13.3. The van der Waals surface area contributed by atoms with Crippen molar-refractivity contribution < 1.29 is 22.0 Å². The third-order valence-electron chi connectivity index (χ3n) is 3.85. The highest BCUT2D eigenvalue weighted by Crippen LogP contribution is 2.22. The fourth-order valence-corrected chi connectivity index (χ4v) is 3.54. The first kappa shape index (κ1) is 19.1. The van der Waals surface area contributed by atoms with E-state index in [2.05, 4.69) is 5.32 Å². The lowest BCUT2D eigenvalue weighted by Gasteiger charge is -2.17. The predicted octanol–water partition coefficient (Wildman–Crippen LogP) is 3.64. The molecule has 1 N–H and O–H groups in total. The standard InChI is InChI=1S/C18H19F2NO3S/c1-11(2)25(23,24)17-7-5-4-6-14(17)18(22)21-12(3)13-8-9-15(19)16(20)10-13/h4-12H,1-3H3,(H,21,22)/t12-/m0/s1. The monoisotopic (exact) mass is 367 g/mol. The molecule has 1 atom stereocenters. The van der Waals surface area contributed by atoms with Crippen LogP contribution < -0.4 is 5.32 Å². The zero-order valence-corrected chi connectivity index (χ0v) is 14.9. The van der Waals surface area contributed by atoms with Crippen molar-refractivity contribution in [3.05, 3.63) is 65.2 Å². The molecule has 0 bridgehead atoms. The van der Waals surface area contributed by atoms with Gasteiger partial charge in [-0.15, -0.1) is 0 Å². The van der Waals surface area contributed by atoms with Crippen molar-refractivity contribution in [2.45, 2.75) is 37.0 Å².